The molecule has 1 fully saturated rings. The predicted octanol–water partition coefficient (Wildman–Crippen LogP) is 6.56. The highest BCUT2D eigenvalue weighted by Crippen LogP contribution is 2.36. The first kappa shape index (κ1) is 22.7. The second-order valence-corrected chi connectivity index (χ2v) is 9.26. The topological polar surface area (TPSA) is 78.4 Å². The highest BCUT2D eigenvalue weighted by Gasteiger charge is 2.34. The number of benzene rings is 2. The number of carbonyl (C=O) groups is 1. The van der Waals surface area contributed by atoms with E-state index in [4.69, 9.17) is 27.6 Å². The van der Waals surface area contributed by atoms with Crippen molar-refractivity contribution in [3.05, 3.63) is 91.1 Å². The van der Waals surface area contributed by atoms with Gasteiger partial charge in [0.1, 0.15) is 11.5 Å². The van der Waals surface area contributed by atoms with Gasteiger partial charge >= 0.3 is 0 Å². The Morgan fingerprint density at radius 2 is 2.00 bits per heavy atom. The number of aromatic hydroxyl groups is 1. The van der Waals surface area contributed by atoms with E-state index in [2.05, 4.69) is 26.1 Å². The largest absolute Gasteiger partial charge is 0.507 e. The summed E-state index contributed by atoms with van der Waals surface area (Å²) in [6, 6.07) is 13.7. The normalized spacial score (nSPS) is 16.7. The van der Waals surface area contributed by atoms with Crippen molar-refractivity contribution < 1.29 is 14.3 Å². The molecule has 32 heavy (non-hydrogen) atoms. The lowest BCUT2D eigenvalue weighted by Gasteiger charge is -2.12. The molecule has 0 aliphatic carbocycles. The van der Waals surface area contributed by atoms with Gasteiger partial charge in [-0.15, -0.1) is 5.10 Å². The molecule has 10 heteroatoms. The number of hydrogen-bond donors (Lipinski definition) is 1. The molecule has 2 aromatic carbocycles. The van der Waals surface area contributed by atoms with E-state index in [1.165, 1.54) is 17.4 Å². The standard InChI is InChI=1S/C22H14BrCl2N3O3S/c23-15-6-7-18(29)14(9-15)11-26-27-22-28(12-16-4-2-8-31-16)21(30)19(32-22)10-13-3-1-5-17(24)20(13)25/h1-11,29H,12H2/b19-10-,26-11+,27-22-. The summed E-state index contributed by atoms with van der Waals surface area (Å²) in [7, 11) is 0. The number of halogens is 3. The molecule has 2 heterocycles. The number of thioether (sulfide) groups is 1. The van der Waals surface area contributed by atoms with Crippen molar-refractivity contribution in [3.8, 4) is 5.75 Å². The van der Waals surface area contributed by atoms with Crippen molar-refractivity contribution in [1.29, 1.82) is 0 Å². The Morgan fingerprint density at radius 3 is 2.78 bits per heavy atom. The van der Waals surface area contributed by atoms with Crippen LogP contribution in [0.15, 0.2) is 78.8 Å². The highest BCUT2D eigenvalue weighted by molar-refractivity contribution is 9.10. The van der Waals surface area contributed by atoms with Gasteiger partial charge in [-0.05, 0) is 59.8 Å². The average molecular weight is 551 g/mol. The van der Waals surface area contributed by atoms with Crippen LogP contribution in [-0.2, 0) is 11.3 Å². The number of hydrogen-bond acceptors (Lipinski definition) is 6. The molecular formula is C22H14BrCl2N3O3S. The number of rotatable bonds is 5. The molecule has 1 aliphatic rings. The molecule has 0 spiro atoms. The molecule has 6 nitrogen and oxygen atoms in total. The lowest BCUT2D eigenvalue weighted by atomic mass is 10.2. The fourth-order valence-corrected chi connectivity index (χ4v) is 4.49. The molecule has 0 bridgehead atoms. The lowest BCUT2D eigenvalue weighted by molar-refractivity contribution is -0.122. The van der Waals surface area contributed by atoms with Crippen LogP contribution in [0.1, 0.15) is 16.9 Å². The van der Waals surface area contributed by atoms with Crippen molar-refractivity contribution >= 4 is 74.3 Å². The zero-order chi connectivity index (χ0) is 22.7. The first-order valence-corrected chi connectivity index (χ1v) is 11.6. The summed E-state index contributed by atoms with van der Waals surface area (Å²) < 4.78 is 6.18. The molecule has 1 aliphatic heterocycles. The molecule has 1 aromatic heterocycles. The third kappa shape index (κ3) is 5.10. The Balaban J connectivity index is 1.67. The highest BCUT2D eigenvalue weighted by atomic mass is 79.9. The van der Waals surface area contributed by atoms with Gasteiger partial charge in [0.15, 0.2) is 5.17 Å². The number of furan rings is 1. The Hall–Kier alpha value is -2.52. The lowest BCUT2D eigenvalue weighted by Crippen LogP contribution is -2.28. The molecule has 0 atom stereocenters. The average Bonchev–Trinajstić information content (AvgIpc) is 3.38. The molecule has 1 N–H and O–H groups in total. The third-order valence-electron chi connectivity index (χ3n) is 4.38. The van der Waals surface area contributed by atoms with Crippen LogP contribution in [-0.4, -0.2) is 27.3 Å². The molecular weight excluding hydrogens is 537 g/mol. The van der Waals surface area contributed by atoms with E-state index in [-0.39, 0.29) is 18.2 Å². The Kier molecular flexibility index (Phi) is 7.05. The van der Waals surface area contributed by atoms with Gasteiger partial charge in [-0.3, -0.25) is 9.69 Å². The molecule has 1 saturated heterocycles. The predicted molar refractivity (Wildman–Crippen MR) is 132 cm³/mol. The van der Waals surface area contributed by atoms with Gasteiger partial charge < -0.3 is 9.52 Å². The van der Waals surface area contributed by atoms with Crippen LogP contribution in [0, 0.1) is 0 Å². The van der Waals surface area contributed by atoms with Gasteiger partial charge in [0.05, 0.1) is 34.0 Å². The van der Waals surface area contributed by atoms with E-state index in [1.54, 1.807) is 54.6 Å². The van der Waals surface area contributed by atoms with E-state index in [0.717, 1.165) is 16.2 Å². The maximum atomic E-state index is 13.1. The second kappa shape index (κ2) is 9.95. The fraction of sp³-hybridized carbons (Fsp3) is 0.0455. The Labute approximate surface area is 206 Å². The Morgan fingerprint density at radius 1 is 1.16 bits per heavy atom. The van der Waals surface area contributed by atoms with Gasteiger partial charge in [-0.2, -0.15) is 5.10 Å². The minimum absolute atomic E-state index is 0.0657. The molecule has 0 unspecified atom stereocenters. The van der Waals surface area contributed by atoms with E-state index in [9.17, 15) is 9.90 Å². The number of amidine groups is 1. The van der Waals surface area contributed by atoms with Crippen LogP contribution >= 0.6 is 50.9 Å². The zero-order valence-electron chi connectivity index (χ0n) is 16.2. The molecule has 4 rings (SSSR count). The monoisotopic (exact) mass is 549 g/mol. The number of amides is 1. The van der Waals surface area contributed by atoms with Crippen LogP contribution < -0.4 is 0 Å². The third-order valence-corrected chi connectivity index (χ3v) is 6.70. The maximum absolute atomic E-state index is 13.1. The number of phenolic OH excluding ortho intramolecular Hbond substituents is 1. The zero-order valence-corrected chi connectivity index (χ0v) is 20.1. The summed E-state index contributed by atoms with van der Waals surface area (Å²) in [4.78, 5) is 15.0. The van der Waals surface area contributed by atoms with Crippen molar-refractivity contribution in [2.75, 3.05) is 0 Å². The second-order valence-electron chi connectivity index (χ2n) is 6.55. The summed E-state index contributed by atoms with van der Waals surface area (Å²) in [5.74, 6) is 0.403. The molecule has 162 valence electrons. The fourth-order valence-electron chi connectivity index (χ4n) is 2.82. The Bertz CT molecular complexity index is 1260. The SMILES string of the molecule is O=C1/C(=C/c2cccc(Cl)c2Cl)S/C(=N\N=C\c2cc(Br)ccc2O)N1Cc1ccco1. The van der Waals surface area contributed by atoms with Crippen LogP contribution in [0.3, 0.4) is 0 Å². The van der Waals surface area contributed by atoms with Crippen molar-refractivity contribution in [3.63, 3.8) is 0 Å². The molecule has 3 aromatic rings. The van der Waals surface area contributed by atoms with Gasteiger partial charge in [-0.1, -0.05) is 51.3 Å². The van der Waals surface area contributed by atoms with E-state index < -0.39 is 0 Å². The molecule has 1 amide bonds. The summed E-state index contributed by atoms with van der Waals surface area (Å²) in [6.45, 7) is 0.190. The summed E-state index contributed by atoms with van der Waals surface area (Å²) in [5.41, 5.74) is 1.11. The smallest absolute Gasteiger partial charge is 0.267 e. The first-order valence-electron chi connectivity index (χ1n) is 9.19. The van der Waals surface area contributed by atoms with E-state index in [1.807, 2.05) is 0 Å². The van der Waals surface area contributed by atoms with Crippen molar-refractivity contribution in [2.45, 2.75) is 6.54 Å². The van der Waals surface area contributed by atoms with Crippen molar-refractivity contribution in [2.24, 2.45) is 10.2 Å². The molecule has 0 saturated carbocycles. The number of phenols is 1. The minimum Gasteiger partial charge on any atom is -0.507 e. The van der Waals surface area contributed by atoms with Gasteiger partial charge in [0.2, 0.25) is 0 Å². The molecule has 0 radical (unpaired) electrons. The van der Waals surface area contributed by atoms with Crippen LogP contribution in [0.4, 0.5) is 0 Å². The minimum atomic E-state index is -0.262. The number of carbonyl (C=O) groups excluding carboxylic acids is 1. The van der Waals surface area contributed by atoms with Crippen LogP contribution in [0.2, 0.25) is 10.0 Å². The number of nitrogens with zero attached hydrogens (tertiary/aromatic N) is 3. The quantitative estimate of drug-likeness (QED) is 0.221. The van der Waals surface area contributed by atoms with Crippen LogP contribution in [0.25, 0.3) is 6.08 Å². The maximum Gasteiger partial charge on any atom is 0.267 e. The van der Waals surface area contributed by atoms with E-state index >= 15 is 0 Å². The summed E-state index contributed by atoms with van der Waals surface area (Å²) in [6.07, 6.45) is 4.62. The van der Waals surface area contributed by atoms with Gasteiger partial charge in [0.25, 0.3) is 5.91 Å². The van der Waals surface area contributed by atoms with Gasteiger partial charge in [-0.25, -0.2) is 0 Å². The summed E-state index contributed by atoms with van der Waals surface area (Å²) >= 11 is 16.9. The first-order chi connectivity index (χ1) is 15.4. The van der Waals surface area contributed by atoms with Crippen LogP contribution in [0.5, 0.6) is 5.75 Å². The van der Waals surface area contributed by atoms with Crippen molar-refractivity contribution in [1.82, 2.24) is 4.90 Å². The van der Waals surface area contributed by atoms with Gasteiger partial charge in [0, 0.05) is 10.0 Å². The van der Waals surface area contributed by atoms with E-state index in [0.29, 0.717) is 37.0 Å². The summed E-state index contributed by atoms with van der Waals surface area (Å²) in [5, 5.41) is 19.4.